The first kappa shape index (κ1) is 26.1. The van der Waals surface area contributed by atoms with E-state index in [0.29, 0.717) is 33.8 Å². The first-order chi connectivity index (χ1) is 17.3. The molecule has 184 valence electrons. The van der Waals surface area contributed by atoms with Crippen LogP contribution < -0.4 is 19.7 Å². The zero-order chi connectivity index (χ0) is 25.8. The molecule has 3 aromatic rings. The maximum absolute atomic E-state index is 13.4. The van der Waals surface area contributed by atoms with Crippen molar-refractivity contribution in [1.29, 1.82) is 0 Å². The Hall–Kier alpha value is -3.01. The van der Waals surface area contributed by atoms with Crippen LogP contribution in [0.3, 0.4) is 0 Å². The number of rotatable bonds is 7. The highest BCUT2D eigenvalue weighted by Gasteiger charge is 2.34. The number of thiocarbonyl (C=S) groups is 1. The molecule has 6 nitrogen and oxygen atoms in total. The van der Waals surface area contributed by atoms with E-state index in [4.69, 9.17) is 21.7 Å². The first-order valence-electron chi connectivity index (χ1n) is 11.1. The van der Waals surface area contributed by atoms with Crippen molar-refractivity contribution in [2.45, 2.75) is 20.0 Å². The number of amides is 2. The van der Waals surface area contributed by atoms with Gasteiger partial charge < -0.3 is 9.47 Å². The number of carbonyl (C=O) groups excluding carboxylic acids is 2. The number of hydrogen-bond acceptors (Lipinski definition) is 5. The van der Waals surface area contributed by atoms with Gasteiger partial charge in [-0.2, -0.15) is 0 Å². The molecule has 1 fully saturated rings. The Morgan fingerprint density at radius 3 is 2.28 bits per heavy atom. The van der Waals surface area contributed by atoms with Crippen LogP contribution in [-0.2, 0) is 22.6 Å². The van der Waals surface area contributed by atoms with Crippen molar-refractivity contribution in [2.24, 2.45) is 0 Å². The molecule has 3 aromatic carbocycles. The lowest BCUT2D eigenvalue weighted by molar-refractivity contribution is -0.122. The van der Waals surface area contributed by atoms with E-state index in [0.717, 1.165) is 22.0 Å². The zero-order valence-electron chi connectivity index (χ0n) is 19.5. The molecule has 1 heterocycles. The van der Waals surface area contributed by atoms with Crippen molar-refractivity contribution in [3.63, 3.8) is 0 Å². The van der Waals surface area contributed by atoms with Gasteiger partial charge in [0.2, 0.25) is 0 Å². The quantitative estimate of drug-likeness (QED) is 0.192. The van der Waals surface area contributed by atoms with Gasteiger partial charge in [-0.15, -0.1) is 0 Å². The molecule has 0 spiro atoms. The van der Waals surface area contributed by atoms with Gasteiger partial charge >= 0.3 is 0 Å². The topological polar surface area (TPSA) is 67.9 Å². The van der Waals surface area contributed by atoms with Gasteiger partial charge in [0.15, 0.2) is 16.6 Å². The van der Waals surface area contributed by atoms with Crippen LogP contribution in [0.25, 0.3) is 6.08 Å². The highest BCUT2D eigenvalue weighted by atomic mass is 79.9. The predicted octanol–water partition coefficient (Wildman–Crippen LogP) is 6.19. The van der Waals surface area contributed by atoms with Gasteiger partial charge in [0, 0.05) is 8.95 Å². The second-order valence-electron chi connectivity index (χ2n) is 7.92. The summed E-state index contributed by atoms with van der Waals surface area (Å²) < 4.78 is 13.1. The molecule has 0 unspecified atom stereocenters. The monoisotopic (exact) mass is 628 g/mol. The van der Waals surface area contributed by atoms with Crippen molar-refractivity contribution in [2.75, 3.05) is 12.0 Å². The van der Waals surface area contributed by atoms with Crippen LogP contribution in [0.1, 0.15) is 23.6 Å². The number of anilines is 1. The molecule has 0 radical (unpaired) electrons. The Morgan fingerprint density at radius 1 is 0.972 bits per heavy atom. The molecule has 0 saturated carbocycles. The summed E-state index contributed by atoms with van der Waals surface area (Å²) >= 11 is 12.3. The molecule has 1 aliphatic rings. The molecule has 9 heteroatoms. The van der Waals surface area contributed by atoms with Gasteiger partial charge in [0.05, 0.1) is 12.8 Å². The third-order valence-corrected chi connectivity index (χ3v) is 7.09. The standard InChI is InChI=1S/C27H22Br2N2O4S/c1-3-16-6-10-20(11-7-16)31-26(33)21(25(32)30-27(31)36)12-18-13-23(34-2)24(14-22(18)29)35-15-17-4-8-19(28)9-5-17/h4-14H,3,15H2,1-2H3,(H,30,32,36)/b21-12+. The van der Waals surface area contributed by atoms with E-state index in [9.17, 15) is 9.59 Å². The predicted molar refractivity (Wildman–Crippen MR) is 151 cm³/mol. The first-order valence-corrected chi connectivity index (χ1v) is 13.0. The summed E-state index contributed by atoms with van der Waals surface area (Å²) in [7, 11) is 1.53. The minimum absolute atomic E-state index is 0.0414. The van der Waals surface area contributed by atoms with Crippen LogP contribution >= 0.6 is 44.1 Å². The molecular weight excluding hydrogens is 608 g/mol. The summed E-state index contributed by atoms with van der Waals surface area (Å²) in [5.41, 5.74) is 3.24. The molecule has 4 rings (SSSR count). The SMILES string of the molecule is CCc1ccc(N2C(=O)/C(=C/c3cc(OC)c(OCc4ccc(Br)cc4)cc3Br)C(=O)NC2=S)cc1. The molecule has 0 bridgehead atoms. The highest BCUT2D eigenvalue weighted by molar-refractivity contribution is 9.10. The van der Waals surface area contributed by atoms with Crippen molar-refractivity contribution in [1.82, 2.24) is 5.32 Å². The number of nitrogens with one attached hydrogen (secondary N) is 1. The van der Waals surface area contributed by atoms with Crippen molar-refractivity contribution < 1.29 is 19.1 Å². The molecule has 0 aliphatic carbocycles. The normalized spacial score (nSPS) is 14.7. The molecular formula is C27H22Br2N2O4S. The number of ether oxygens (including phenoxy) is 2. The summed E-state index contributed by atoms with van der Waals surface area (Å²) in [5, 5.41) is 2.66. The number of nitrogens with zero attached hydrogens (tertiary/aromatic N) is 1. The van der Waals surface area contributed by atoms with Crippen LogP contribution in [0.2, 0.25) is 0 Å². The molecule has 0 aromatic heterocycles. The number of halogens is 2. The fourth-order valence-electron chi connectivity index (χ4n) is 3.60. The Morgan fingerprint density at radius 2 is 1.64 bits per heavy atom. The van der Waals surface area contributed by atoms with Crippen molar-refractivity contribution >= 4 is 72.8 Å². The van der Waals surface area contributed by atoms with Gasteiger partial charge in [-0.3, -0.25) is 19.8 Å². The summed E-state index contributed by atoms with van der Waals surface area (Å²) in [5.74, 6) is -0.0802. The van der Waals surface area contributed by atoms with Gasteiger partial charge in [-0.1, -0.05) is 63.0 Å². The van der Waals surface area contributed by atoms with Gasteiger partial charge in [0.1, 0.15) is 12.2 Å². The van der Waals surface area contributed by atoms with Gasteiger partial charge in [-0.05, 0) is 77.8 Å². The number of methoxy groups -OCH3 is 1. The number of carbonyl (C=O) groups is 2. The third kappa shape index (κ3) is 5.69. The summed E-state index contributed by atoms with van der Waals surface area (Å²) in [6, 6.07) is 18.8. The molecule has 2 amide bonds. The van der Waals surface area contributed by atoms with E-state index in [-0.39, 0.29) is 10.7 Å². The molecule has 1 N–H and O–H groups in total. The fraction of sp³-hybridized carbons (Fsp3) is 0.148. The summed E-state index contributed by atoms with van der Waals surface area (Å²) in [4.78, 5) is 27.4. The lowest BCUT2D eigenvalue weighted by atomic mass is 10.1. The molecule has 0 atom stereocenters. The van der Waals surface area contributed by atoms with E-state index >= 15 is 0 Å². The average Bonchev–Trinajstić information content (AvgIpc) is 2.87. The second kappa shape index (κ2) is 11.4. The lowest BCUT2D eigenvalue weighted by Gasteiger charge is -2.29. The van der Waals surface area contributed by atoms with E-state index in [2.05, 4.69) is 44.1 Å². The van der Waals surface area contributed by atoms with Gasteiger partial charge in [0.25, 0.3) is 11.8 Å². The van der Waals surface area contributed by atoms with E-state index in [1.165, 1.54) is 18.1 Å². The van der Waals surface area contributed by atoms with Crippen LogP contribution in [-0.4, -0.2) is 24.0 Å². The molecule has 1 saturated heterocycles. The Kier molecular flexibility index (Phi) is 8.23. The largest absolute Gasteiger partial charge is 0.493 e. The Bertz CT molecular complexity index is 1360. The summed E-state index contributed by atoms with van der Waals surface area (Å²) in [6.07, 6.45) is 2.39. The minimum atomic E-state index is -0.562. The van der Waals surface area contributed by atoms with E-state index in [1.54, 1.807) is 12.1 Å². The lowest BCUT2D eigenvalue weighted by Crippen LogP contribution is -2.54. The van der Waals surface area contributed by atoms with Crippen molar-refractivity contribution in [3.8, 4) is 11.5 Å². The Labute approximate surface area is 231 Å². The number of benzene rings is 3. The van der Waals surface area contributed by atoms with Gasteiger partial charge in [-0.25, -0.2) is 0 Å². The average molecular weight is 630 g/mol. The molecule has 1 aliphatic heterocycles. The maximum atomic E-state index is 13.4. The second-order valence-corrected chi connectivity index (χ2v) is 10.1. The zero-order valence-corrected chi connectivity index (χ0v) is 23.5. The number of aryl methyl sites for hydroxylation is 1. The number of hydrogen-bond donors (Lipinski definition) is 1. The highest BCUT2D eigenvalue weighted by Crippen LogP contribution is 2.36. The van der Waals surface area contributed by atoms with Crippen LogP contribution in [0.4, 0.5) is 5.69 Å². The maximum Gasteiger partial charge on any atom is 0.270 e. The van der Waals surface area contributed by atoms with E-state index in [1.807, 2.05) is 48.5 Å². The van der Waals surface area contributed by atoms with Crippen LogP contribution in [0.15, 0.2) is 75.2 Å². The van der Waals surface area contributed by atoms with Crippen LogP contribution in [0, 0.1) is 0 Å². The summed E-state index contributed by atoms with van der Waals surface area (Å²) in [6.45, 7) is 2.40. The molecule has 36 heavy (non-hydrogen) atoms. The van der Waals surface area contributed by atoms with Crippen LogP contribution in [0.5, 0.6) is 11.5 Å². The third-order valence-electron chi connectivity index (χ3n) is 5.59. The van der Waals surface area contributed by atoms with E-state index < -0.39 is 11.8 Å². The Balaban J connectivity index is 1.62. The fourth-order valence-corrected chi connectivity index (χ4v) is 4.59. The minimum Gasteiger partial charge on any atom is -0.493 e. The van der Waals surface area contributed by atoms with Crippen molar-refractivity contribution in [3.05, 3.63) is 91.9 Å². The smallest absolute Gasteiger partial charge is 0.270 e.